The third-order valence-corrected chi connectivity index (χ3v) is 2.65. The zero-order valence-corrected chi connectivity index (χ0v) is 10.0. The van der Waals surface area contributed by atoms with Gasteiger partial charge in [-0.2, -0.15) is 0 Å². The Morgan fingerprint density at radius 2 is 2.12 bits per heavy atom. The van der Waals surface area contributed by atoms with Gasteiger partial charge in [0.25, 0.3) is 0 Å². The van der Waals surface area contributed by atoms with E-state index in [2.05, 4.69) is 16.8 Å². The first-order valence-electron chi connectivity index (χ1n) is 5.81. The van der Waals surface area contributed by atoms with E-state index in [4.69, 9.17) is 5.73 Å². The first-order valence-corrected chi connectivity index (χ1v) is 5.81. The highest BCUT2D eigenvalue weighted by atomic mass is 16.3. The lowest BCUT2D eigenvalue weighted by molar-refractivity contribution is 0.474. The summed E-state index contributed by atoms with van der Waals surface area (Å²) in [7, 11) is 0. The van der Waals surface area contributed by atoms with E-state index in [9.17, 15) is 5.11 Å². The van der Waals surface area contributed by atoms with E-state index in [1.165, 1.54) is 5.56 Å². The molecule has 0 bridgehead atoms. The van der Waals surface area contributed by atoms with E-state index in [0.717, 1.165) is 18.5 Å². The Morgan fingerprint density at radius 1 is 1.29 bits per heavy atom. The Kier molecular flexibility index (Phi) is 3.49. The second-order valence-corrected chi connectivity index (χ2v) is 4.54. The molecule has 2 aromatic rings. The minimum absolute atomic E-state index is 0.187. The number of nitrogens with two attached hydrogens (primary N) is 1. The van der Waals surface area contributed by atoms with E-state index < -0.39 is 0 Å². The highest BCUT2D eigenvalue weighted by Crippen LogP contribution is 2.13. The second-order valence-electron chi connectivity index (χ2n) is 4.54. The SMILES string of the molecule is CC(N)Cc1ccn(Cc2cccc(O)c2)c1. The molecular weight excluding hydrogens is 212 g/mol. The molecule has 0 radical (unpaired) electrons. The number of benzene rings is 1. The van der Waals surface area contributed by atoms with Crippen molar-refractivity contribution in [1.29, 1.82) is 0 Å². The van der Waals surface area contributed by atoms with Crippen LogP contribution in [0.5, 0.6) is 5.75 Å². The lowest BCUT2D eigenvalue weighted by atomic mass is 10.1. The van der Waals surface area contributed by atoms with Crippen molar-refractivity contribution in [3.8, 4) is 5.75 Å². The van der Waals surface area contributed by atoms with Crippen molar-refractivity contribution in [2.75, 3.05) is 0 Å². The molecule has 90 valence electrons. The number of aromatic nitrogens is 1. The predicted molar refractivity (Wildman–Crippen MR) is 69.0 cm³/mol. The molecule has 17 heavy (non-hydrogen) atoms. The number of aromatic hydroxyl groups is 1. The van der Waals surface area contributed by atoms with Crippen molar-refractivity contribution in [2.24, 2.45) is 5.73 Å². The number of hydrogen-bond donors (Lipinski definition) is 2. The van der Waals surface area contributed by atoms with Crippen molar-refractivity contribution in [1.82, 2.24) is 4.57 Å². The van der Waals surface area contributed by atoms with Crippen LogP contribution < -0.4 is 5.73 Å². The summed E-state index contributed by atoms with van der Waals surface area (Å²) in [6, 6.07) is 9.60. The van der Waals surface area contributed by atoms with Crippen molar-refractivity contribution < 1.29 is 5.11 Å². The largest absolute Gasteiger partial charge is 0.508 e. The molecule has 0 spiro atoms. The molecule has 2 rings (SSSR count). The zero-order chi connectivity index (χ0) is 12.3. The van der Waals surface area contributed by atoms with Crippen LogP contribution in [0.25, 0.3) is 0 Å². The van der Waals surface area contributed by atoms with Crippen LogP contribution in [-0.2, 0) is 13.0 Å². The third kappa shape index (κ3) is 3.36. The first kappa shape index (κ1) is 11.7. The summed E-state index contributed by atoms with van der Waals surface area (Å²) >= 11 is 0. The average molecular weight is 230 g/mol. The molecule has 1 aromatic carbocycles. The molecule has 3 N–H and O–H groups in total. The maximum Gasteiger partial charge on any atom is 0.115 e. The van der Waals surface area contributed by atoms with Crippen molar-refractivity contribution >= 4 is 0 Å². The lowest BCUT2D eigenvalue weighted by Crippen LogP contribution is -2.17. The van der Waals surface area contributed by atoms with Gasteiger partial charge < -0.3 is 15.4 Å². The second kappa shape index (κ2) is 5.06. The monoisotopic (exact) mass is 230 g/mol. The maximum absolute atomic E-state index is 9.39. The van der Waals surface area contributed by atoms with Crippen LogP contribution in [0.3, 0.4) is 0 Å². The van der Waals surface area contributed by atoms with Crippen molar-refractivity contribution in [3.63, 3.8) is 0 Å². The molecule has 0 saturated heterocycles. The van der Waals surface area contributed by atoms with Crippen LogP contribution in [-0.4, -0.2) is 15.7 Å². The molecule has 1 heterocycles. The molecule has 0 fully saturated rings. The van der Waals surface area contributed by atoms with Gasteiger partial charge in [0.05, 0.1) is 0 Å². The van der Waals surface area contributed by atoms with Gasteiger partial charge in [0.15, 0.2) is 0 Å². The smallest absolute Gasteiger partial charge is 0.115 e. The normalized spacial score (nSPS) is 12.6. The molecule has 1 aromatic heterocycles. The Labute approximate surface area is 102 Å². The van der Waals surface area contributed by atoms with Crippen molar-refractivity contribution in [2.45, 2.75) is 25.9 Å². The fraction of sp³-hybridized carbons (Fsp3) is 0.286. The summed E-state index contributed by atoms with van der Waals surface area (Å²) in [4.78, 5) is 0. The van der Waals surface area contributed by atoms with E-state index in [0.29, 0.717) is 5.75 Å². The Hall–Kier alpha value is -1.74. The van der Waals surface area contributed by atoms with Gasteiger partial charge in [-0.25, -0.2) is 0 Å². The predicted octanol–water partition coefficient (Wildman–Crippen LogP) is 2.13. The van der Waals surface area contributed by atoms with Crippen LogP contribution in [0.15, 0.2) is 42.7 Å². The van der Waals surface area contributed by atoms with Crippen LogP contribution in [0, 0.1) is 0 Å². The summed E-state index contributed by atoms with van der Waals surface area (Å²) in [6.07, 6.45) is 5.04. The highest BCUT2D eigenvalue weighted by Gasteiger charge is 2.01. The Morgan fingerprint density at radius 3 is 2.82 bits per heavy atom. The van der Waals surface area contributed by atoms with Crippen LogP contribution in [0.4, 0.5) is 0 Å². The van der Waals surface area contributed by atoms with E-state index in [1.807, 2.05) is 25.3 Å². The molecule has 0 aliphatic heterocycles. The summed E-state index contributed by atoms with van der Waals surface area (Å²) in [5, 5.41) is 9.39. The van der Waals surface area contributed by atoms with Gasteiger partial charge in [-0.1, -0.05) is 12.1 Å². The van der Waals surface area contributed by atoms with Crippen LogP contribution in [0.1, 0.15) is 18.1 Å². The molecule has 0 amide bonds. The van der Waals surface area contributed by atoms with E-state index >= 15 is 0 Å². The van der Waals surface area contributed by atoms with Gasteiger partial charge in [0, 0.05) is 25.0 Å². The maximum atomic E-state index is 9.39. The van der Waals surface area contributed by atoms with Crippen LogP contribution >= 0.6 is 0 Å². The van der Waals surface area contributed by atoms with Gasteiger partial charge in [0.2, 0.25) is 0 Å². The Bertz CT molecular complexity index is 488. The first-order chi connectivity index (χ1) is 8.13. The number of rotatable bonds is 4. The number of phenols is 1. The van der Waals surface area contributed by atoms with Crippen molar-refractivity contribution in [3.05, 3.63) is 53.9 Å². The highest BCUT2D eigenvalue weighted by molar-refractivity contribution is 5.27. The molecule has 0 aliphatic carbocycles. The third-order valence-electron chi connectivity index (χ3n) is 2.65. The zero-order valence-electron chi connectivity index (χ0n) is 10.0. The summed E-state index contributed by atoms with van der Waals surface area (Å²) in [5.74, 6) is 0.311. The topological polar surface area (TPSA) is 51.2 Å². The molecular formula is C14H18N2O. The van der Waals surface area contributed by atoms with Gasteiger partial charge >= 0.3 is 0 Å². The average Bonchev–Trinajstić information content (AvgIpc) is 2.64. The van der Waals surface area contributed by atoms with Gasteiger partial charge in [-0.3, -0.25) is 0 Å². The fourth-order valence-electron chi connectivity index (χ4n) is 1.95. The van der Waals surface area contributed by atoms with Crippen LogP contribution in [0.2, 0.25) is 0 Å². The van der Waals surface area contributed by atoms with Gasteiger partial charge in [-0.15, -0.1) is 0 Å². The fourth-order valence-corrected chi connectivity index (χ4v) is 1.95. The Balaban J connectivity index is 2.06. The number of nitrogens with zero attached hydrogens (tertiary/aromatic N) is 1. The standard InChI is InChI=1S/C14H18N2O/c1-11(15)7-13-5-6-16(10-13)9-12-3-2-4-14(17)8-12/h2-6,8,10-11,17H,7,9,15H2,1H3. The number of phenolic OH excluding ortho intramolecular Hbond substituents is 1. The van der Waals surface area contributed by atoms with Gasteiger partial charge in [-0.05, 0) is 42.7 Å². The molecule has 0 aliphatic rings. The minimum atomic E-state index is 0.187. The molecule has 3 nitrogen and oxygen atoms in total. The minimum Gasteiger partial charge on any atom is -0.508 e. The summed E-state index contributed by atoms with van der Waals surface area (Å²) in [6.45, 7) is 2.78. The van der Waals surface area contributed by atoms with E-state index in [-0.39, 0.29) is 6.04 Å². The molecule has 1 unspecified atom stereocenters. The summed E-state index contributed by atoms with van der Waals surface area (Å²) in [5.41, 5.74) is 8.10. The molecule has 3 heteroatoms. The lowest BCUT2D eigenvalue weighted by Gasteiger charge is -2.04. The quantitative estimate of drug-likeness (QED) is 0.845. The number of hydrogen-bond acceptors (Lipinski definition) is 2. The van der Waals surface area contributed by atoms with E-state index in [1.54, 1.807) is 12.1 Å². The summed E-state index contributed by atoms with van der Waals surface area (Å²) < 4.78 is 2.10. The molecule has 1 atom stereocenters. The van der Waals surface area contributed by atoms with Gasteiger partial charge in [0.1, 0.15) is 5.75 Å². The molecule has 0 saturated carbocycles.